The third-order valence-corrected chi connectivity index (χ3v) is 7.59. The van der Waals surface area contributed by atoms with Crippen LogP contribution in [0.5, 0.6) is 5.75 Å². The minimum atomic E-state index is -0.483. The minimum absolute atomic E-state index is 0.0427. The molecule has 1 aromatic carbocycles. The van der Waals surface area contributed by atoms with Crippen LogP contribution in [-0.4, -0.2) is 74.0 Å². The molecule has 2 saturated heterocycles. The van der Waals surface area contributed by atoms with Gasteiger partial charge in [-0.3, -0.25) is 14.5 Å². The Morgan fingerprint density at radius 1 is 0.970 bits per heavy atom. The maximum Gasteiger partial charge on any atom is 0.311 e. The fourth-order valence-electron chi connectivity index (χ4n) is 4.84. The number of rotatable bonds is 6. The van der Waals surface area contributed by atoms with Crippen molar-refractivity contribution in [2.75, 3.05) is 51.3 Å². The molecule has 3 heterocycles. The van der Waals surface area contributed by atoms with Crippen LogP contribution in [-0.2, 0) is 9.59 Å². The van der Waals surface area contributed by atoms with Crippen molar-refractivity contribution in [3.05, 3.63) is 46.7 Å². The molecule has 33 heavy (non-hydrogen) atoms. The van der Waals surface area contributed by atoms with Crippen molar-refractivity contribution in [1.29, 1.82) is 0 Å². The van der Waals surface area contributed by atoms with E-state index in [1.54, 1.807) is 23.3 Å². The summed E-state index contributed by atoms with van der Waals surface area (Å²) in [5, 5.41) is 5.10. The number of ether oxygens (including phenoxy) is 1. The first-order valence-corrected chi connectivity index (χ1v) is 12.7. The van der Waals surface area contributed by atoms with Crippen molar-refractivity contribution in [3.63, 3.8) is 0 Å². The number of amides is 2. The van der Waals surface area contributed by atoms with E-state index in [1.807, 2.05) is 25.1 Å². The number of nitrogens with zero attached hydrogens (tertiary/aromatic N) is 3. The number of benzene rings is 1. The highest BCUT2D eigenvalue weighted by molar-refractivity contribution is 7.10. The van der Waals surface area contributed by atoms with Gasteiger partial charge >= 0.3 is 11.8 Å². The zero-order valence-corrected chi connectivity index (χ0v) is 20.4. The Labute approximate surface area is 200 Å². The van der Waals surface area contributed by atoms with Crippen molar-refractivity contribution in [3.8, 4) is 5.75 Å². The SMILES string of the molecule is COc1ccc(N2CCN([C@@H](c3cccs3)[C@H](C)NC(=O)C(=O)N3CCCCC3)CC2)cc1. The first-order valence-electron chi connectivity index (χ1n) is 11.8. The summed E-state index contributed by atoms with van der Waals surface area (Å²) in [6, 6.07) is 12.2. The second-order valence-corrected chi connectivity index (χ2v) is 9.78. The van der Waals surface area contributed by atoms with E-state index in [0.717, 1.165) is 51.2 Å². The van der Waals surface area contributed by atoms with E-state index in [0.29, 0.717) is 13.1 Å². The number of hydrogen-bond acceptors (Lipinski definition) is 6. The van der Waals surface area contributed by atoms with E-state index in [4.69, 9.17) is 4.74 Å². The molecule has 0 spiro atoms. The number of hydrogen-bond donors (Lipinski definition) is 1. The van der Waals surface area contributed by atoms with Gasteiger partial charge in [0.15, 0.2) is 0 Å². The number of piperazine rings is 1. The molecule has 2 fully saturated rings. The highest BCUT2D eigenvalue weighted by Crippen LogP contribution is 2.30. The fourth-order valence-corrected chi connectivity index (χ4v) is 5.81. The van der Waals surface area contributed by atoms with Gasteiger partial charge in [0.2, 0.25) is 0 Å². The summed E-state index contributed by atoms with van der Waals surface area (Å²) in [7, 11) is 1.68. The molecule has 2 aliphatic heterocycles. The Bertz CT molecular complexity index is 904. The lowest BCUT2D eigenvalue weighted by Gasteiger charge is -2.42. The van der Waals surface area contributed by atoms with Crippen molar-refractivity contribution < 1.29 is 14.3 Å². The molecule has 8 heteroatoms. The summed E-state index contributed by atoms with van der Waals surface area (Å²) in [5.74, 6) is -0.0163. The maximum atomic E-state index is 12.8. The Morgan fingerprint density at radius 2 is 1.67 bits per heavy atom. The van der Waals surface area contributed by atoms with Crippen molar-refractivity contribution in [1.82, 2.24) is 15.1 Å². The quantitative estimate of drug-likeness (QED) is 0.657. The van der Waals surface area contributed by atoms with Gasteiger partial charge in [-0.15, -0.1) is 11.3 Å². The van der Waals surface area contributed by atoms with Crippen molar-refractivity contribution >= 4 is 28.8 Å². The van der Waals surface area contributed by atoms with E-state index < -0.39 is 11.8 Å². The average molecular weight is 471 g/mol. The smallest absolute Gasteiger partial charge is 0.311 e. The second kappa shape index (κ2) is 11.0. The molecule has 0 aliphatic carbocycles. The standard InChI is InChI=1S/C25H34N4O3S/c1-19(26-24(30)25(31)29-12-4-3-5-13-29)23(22-7-6-18-33-22)28-16-14-27(15-17-28)20-8-10-21(32-2)11-9-20/h6-11,18-19,23H,3-5,12-17H2,1-2H3,(H,26,30)/t19-,23+/m0/s1. The van der Waals surface area contributed by atoms with Gasteiger partial charge in [-0.25, -0.2) is 0 Å². The van der Waals surface area contributed by atoms with Gasteiger partial charge in [0, 0.05) is 55.9 Å². The van der Waals surface area contributed by atoms with Crippen molar-refractivity contribution in [2.24, 2.45) is 0 Å². The highest BCUT2D eigenvalue weighted by atomic mass is 32.1. The Balaban J connectivity index is 1.40. The lowest BCUT2D eigenvalue weighted by molar-refractivity contribution is -0.147. The van der Waals surface area contributed by atoms with E-state index in [9.17, 15) is 9.59 Å². The first kappa shape index (κ1) is 23.6. The minimum Gasteiger partial charge on any atom is -0.497 e. The molecule has 2 amide bonds. The molecule has 1 aromatic heterocycles. The molecule has 0 radical (unpaired) electrons. The van der Waals surface area contributed by atoms with Gasteiger partial charge in [-0.2, -0.15) is 0 Å². The fraction of sp³-hybridized carbons (Fsp3) is 0.520. The lowest BCUT2D eigenvalue weighted by Crippen LogP contribution is -2.54. The van der Waals surface area contributed by atoms with Crippen LogP contribution >= 0.6 is 11.3 Å². The second-order valence-electron chi connectivity index (χ2n) is 8.80. The largest absolute Gasteiger partial charge is 0.497 e. The number of methoxy groups -OCH3 is 1. The molecule has 0 saturated carbocycles. The number of likely N-dealkylation sites (tertiary alicyclic amines) is 1. The Morgan fingerprint density at radius 3 is 2.27 bits per heavy atom. The maximum absolute atomic E-state index is 12.8. The van der Waals surface area contributed by atoms with Crippen LogP contribution in [0.25, 0.3) is 0 Å². The Hall–Kier alpha value is -2.58. The Kier molecular flexibility index (Phi) is 7.88. The van der Waals surface area contributed by atoms with Crippen LogP contribution in [0.15, 0.2) is 41.8 Å². The van der Waals surface area contributed by atoms with Crippen LogP contribution in [0.4, 0.5) is 5.69 Å². The van der Waals surface area contributed by atoms with E-state index in [-0.39, 0.29) is 12.1 Å². The number of nitrogens with one attached hydrogen (secondary N) is 1. The number of piperidine rings is 1. The predicted molar refractivity (Wildman–Crippen MR) is 132 cm³/mol. The summed E-state index contributed by atoms with van der Waals surface area (Å²) >= 11 is 1.70. The van der Waals surface area contributed by atoms with Crippen LogP contribution in [0.3, 0.4) is 0 Å². The molecule has 0 unspecified atom stereocenters. The predicted octanol–water partition coefficient (Wildman–Crippen LogP) is 3.14. The molecule has 178 valence electrons. The summed E-state index contributed by atoms with van der Waals surface area (Å²) < 4.78 is 5.27. The monoisotopic (exact) mass is 470 g/mol. The van der Waals surface area contributed by atoms with Crippen LogP contribution in [0.1, 0.15) is 37.1 Å². The molecule has 2 aromatic rings. The van der Waals surface area contributed by atoms with Crippen LogP contribution < -0.4 is 15.0 Å². The molecule has 7 nitrogen and oxygen atoms in total. The average Bonchev–Trinajstić information content (AvgIpc) is 3.39. The molecular weight excluding hydrogens is 436 g/mol. The zero-order valence-electron chi connectivity index (χ0n) is 19.5. The number of carbonyl (C=O) groups excluding carboxylic acids is 2. The van der Waals surface area contributed by atoms with Gasteiger partial charge < -0.3 is 19.9 Å². The van der Waals surface area contributed by atoms with Gasteiger partial charge in [0.05, 0.1) is 13.2 Å². The summed E-state index contributed by atoms with van der Waals surface area (Å²) in [6.45, 7) is 6.96. The zero-order chi connectivity index (χ0) is 23.2. The third kappa shape index (κ3) is 5.68. The van der Waals surface area contributed by atoms with Crippen LogP contribution in [0, 0.1) is 0 Å². The van der Waals surface area contributed by atoms with Gasteiger partial charge in [-0.05, 0) is 61.9 Å². The molecule has 1 N–H and O–H groups in total. The van der Waals surface area contributed by atoms with Gasteiger partial charge in [0.1, 0.15) is 5.75 Å². The summed E-state index contributed by atoms with van der Waals surface area (Å²) in [4.78, 5) is 33.1. The molecule has 0 bridgehead atoms. The summed E-state index contributed by atoms with van der Waals surface area (Å²) in [5.41, 5.74) is 1.19. The normalized spacial score (nSPS) is 19.1. The third-order valence-electron chi connectivity index (χ3n) is 6.65. The molecule has 2 aliphatic rings. The highest BCUT2D eigenvalue weighted by Gasteiger charge is 2.33. The van der Waals surface area contributed by atoms with E-state index in [1.165, 1.54) is 10.6 Å². The lowest BCUT2D eigenvalue weighted by atomic mass is 10.0. The number of anilines is 1. The molecule has 2 atom stereocenters. The van der Waals surface area contributed by atoms with Crippen molar-refractivity contribution in [2.45, 2.75) is 38.3 Å². The van der Waals surface area contributed by atoms with E-state index in [2.05, 4.69) is 38.7 Å². The number of thiophene rings is 1. The van der Waals surface area contributed by atoms with Gasteiger partial charge in [0.25, 0.3) is 0 Å². The number of carbonyl (C=O) groups is 2. The topological polar surface area (TPSA) is 65.1 Å². The summed E-state index contributed by atoms with van der Waals surface area (Å²) in [6.07, 6.45) is 3.08. The molecular formula is C25H34N4O3S. The van der Waals surface area contributed by atoms with Crippen LogP contribution in [0.2, 0.25) is 0 Å². The molecule has 4 rings (SSSR count). The first-order chi connectivity index (χ1) is 16.1. The van der Waals surface area contributed by atoms with E-state index >= 15 is 0 Å². The van der Waals surface area contributed by atoms with Gasteiger partial charge in [-0.1, -0.05) is 6.07 Å².